The monoisotopic (exact) mass is 244 g/mol. The molecular formula is C4H11BIOP. The van der Waals surface area contributed by atoms with Crippen molar-refractivity contribution in [1.29, 1.82) is 0 Å². The van der Waals surface area contributed by atoms with Crippen LogP contribution in [0.2, 0.25) is 0 Å². The highest BCUT2D eigenvalue weighted by molar-refractivity contribution is 14.1. The van der Waals surface area contributed by atoms with Gasteiger partial charge in [-0.15, -0.1) is 30.8 Å². The highest BCUT2D eigenvalue weighted by atomic mass is 127. The Morgan fingerprint density at radius 1 is 1.50 bits per heavy atom. The molecule has 1 atom stereocenters. The van der Waals surface area contributed by atoms with E-state index >= 15 is 0 Å². The summed E-state index contributed by atoms with van der Waals surface area (Å²) in [5.74, 6) is 0. The molecule has 0 aromatic heterocycles. The van der Waals surface area contributed by atoms with Crippen LogP contribution >= 0.6 is 30.8 Å². The molecule has 1 unspecified atom stereocenters. The molecule has 0 aliphatic heterocycles. The van der Waals surface area contributed by atoms with Crippen molar-refractivity contribution in [2.24, 2.45) is 0 Å². The van der Waals surface area contributed by atoms with Gasteiger partial charge in [0.15, 0.2) is 0 Å². The van der Waals surface area contributed by atoms with Gasteiger partial charge in [0, 0.05) is 6.61 Å². The van der Waals surface area contributed by atoms with Gasteiger partial charge < -0.3 is 5.11 Å². The summed E-state index contributed by atoms with van der Waals surface area (Å²) >= 11 is 2.39. The first-order valence-corrected chi connectivity index (χ1v) is 5.73. The second-order valence-corrected chi connectivity index (χ2v) is 5.12. The van der Waals surface area contributed by atoms with E-state index in [1.54, 1.807) is 0 Å². The lowest BCUT2D eigenvalue weighted by Crippen LogP contribution is -1.83. The molecule has 0 aromatic carbocycles. The average molecular weight is 244 g/mol. The van der Waals surface area contributed by atoms with Crippen LogP contribution in [-0.4, -0.2) is 22.7 Å². The first kappa shape index (κ1) is 9.18. The van der Waals surface area contributed by atoms with Gasteiger partial charge >= 0.3 is 0 Å². The Hall–Kier alpha value is 1.18. The van der Waals surface area contributed by atoms with Gasteiger partial charge in [-0.25, -0.2) is 0 Å². The Morgan fingerprint density at radius 2 is 2.25 bits per heavy atom. The lowest BCUT2D eigenvalue weighted by molar-refractivity contribution is 0.287. The Labute approximate surface area is 66.5 Å². The SMILES string of the molecule is OCCCCPBI. The van der Waals surface area contributed by atoms with Gasteiger partial charge in [-0.3, -0.25) is 0 Å². The number of rotatable bonds is 5. The number of hydrogen-bond donors (Lipinski definition) is 1. The smallest absolute Gasteiger partial charge is 0.225 e. The quantitative estimate of drug-likeness (QED) is 0.332. The third kappa shape index (κ3) is 7.18. The summed E-state index contributed by atoms with van der Waals surface area (Å²) < 4.78 is 0. The van der Waals surface area contributed by atoms with Crippen LogP contribution in [0.15, 0.2) is 0 Å². The number of halogens is 1. The van der Waals surface area contributed by atoms with Crippen LogP contribution in [0.3, 0.4) is 0 Å². The predicted octanol–water partition coefficient (Wildman–Crippen LogP) is 1.14. The van der Waals surface area contributed by atoms with E-state index in [4.69, 9.17) is 5.11 Å². The summed E-state index contributed by atoms with van der Waals surface area (Å²) in [5, 5.41) is 8.37. The molecule has 1 nitrogen and oxygen atoms in total. The predicted molar refractivity (Wildman–Crippen MR) is 50.7 cm³/mol. The molecule has 0 rings (SSSR count). The molecule has 4 heteroatoms. The van der Waals surface area contributed by atoms with Crippen molar-refractivity contribution >= 4 is 35.7 Å². The van der Waals surface area contributed by atoms with Gasteiger partial charge in [0.05, 0.1) is 0 Å². The number of aliphatic hydroxyl groups is 1. The molecule has 0 amide bonds. The van der Waals surface area contributed by atoms with E-state index in [1.165, 1.54) is 17.4 Å². The minimum atomic E-state index is 0.367. The van der Waals surface area contributed by atoms with E-state index in [2.05, 4.69) is 22.4 Å². The summed E-state index contributed by atoms with van der Waals surface area (Å²) in [6.45, 7) is 0.367. The van der Waals surface area contributed by atoms with E-state index < -0.39 is 0 Å². The Morgan fingerprint density at radius 3 is 2.75 bits per heavy atom. The topological polar surface area (TPSA) is 20.2 Å². The maximum absolute atomic E-state index is 8.37. The van der Waals surface area contributed by atoms with Gasteiger partial charge in [-0.05, 0) is 19.0 Å². The lowest BCUT2D eigenvalue weighted by atomic mass is 10.4. The first-order valence-electron chi connectivity index (χ1n) is 2.79. The molecule has 0 radical (unpaired) electrons. The van der Waals surface area contributed by atoms with Crippen LogP contribution in [0.5, 0.6) is 0 Å². The van der Waals surface area contributed by atoms with Gasteiger partial charge in [0.2, 0.25) is 4.86 Å². The molecule has 48 valence electrons. The van der Waals surface area contributed by atoms with Crippen molar-refractivity contribution in [3.05, 3.63) is 0 Å². The average Bonchev–Trinajstić information content (AvgIpc) is 1.81. The van der Waals surface area contributed by atoms with E-state index in [0.29, 0.717) is 6.61 Å². The zero-order valence-electron chi connectivity index (χ0n) is 4.86. The first-order chi connectivity index (χ1) is 3.91. The molecule has 8 heavy (non-hydrogen) atoms. The maximum atomic E-state index is 8.37. The summed E-state index contributed by atoms with van der Waals surface area (Å²) in [6, 6.07) is 0. The summed E-state index contributed by atoms with van der Waals surface area (Å²) in [6.07, 6.45) is 3.51. The molecule has 1 N–H and O–H groups in total. The van der Waals surface area contributed by atoms with Gasteiger partial charge in [0.1, 0.15) is 0 Å². The molecular weight excluding hydrogens is 233 g/mol. The van der Waals surface area contributed by atoms with Gasteiger partial charge in [0.25, 0.3) is 0 Å². The fourth-order valence-electron chi connectivity index (χ4n) is 0.429. The highest BCUT2D eigenvalue weighted by Crippen LogP contribution is 2.11. The Kier molecular flexibility index (Phi) is 9.40. The van der Waals surface area contributed by atoms with Crippen LogP contribution in [0.25, 0.3) is 0 Å². The van der Waals surface area contributed by atoms with Crippen molar-refractivity contribution in [3.8, 4) is 0 Å². The summed E-state index contributed by atoms with van der Waals surface area (Å²) in [5.41, 5.74) is 0. The third-order valence-electron chi connectivity index (χ3n) is 0.856. The number of unbranched alkanes of at least 4 members (excludes halogenated alkanes) is 1. The Bertz CT molecular complexity index is 41.0. The van der Waals surface area contributed by atoms with E-state index in [9.17, 15) is 0 Å². The van der Waals surface area contributed by atoms with Crippen molar-refractivity contribution < 1.29 is 5.11 Å². The van der Waals surface area contributed by atoms with Crippen LogP contribution in [0, 0.1) is 0 Å². The van der Waals surface area contributed by atoms with Crippen molar-refractivity contribution in [2.75, 3.05) is 12.8 Å². The Balaban J connectivity index is 2.53. The van der Waals surface area contributed by atoms with Crippen LogP contribution < -0.4 is 0 Å². The minimum absolute atomic E-state index is 0.367. The molecule has 0 bridgehead atoms. The van der Waals surface area contributed by atoms with E-state index in [-0.39, 0.29) is 0 Å². The number of aliphatic hydroxyl groups excluding tert-OH is 1. The standard InChI is InChI=1S/C4H11BIOP/c6-5-8-4-2-1-3-7/h5,7-8H,1-4H2. The van der Waals surface area contributed by atoms with Crippen molar-refractivity contribution in [2.45, 2.75) is 12.8 Å². The second kappa shape index (κ2) is 8.18. The molecule has 0 saturated carbocycles. The van der Waals surface area contributed by atoms with E-state index in [1.807, 2.05) is 0 Å². The van der Waals surface area contributed by atoms with Crippen molar-refractivity contribution in [1.82, 2.24) is 0 Å². The maximum Gasteiger partial charge on any atom is 0.225 e. The second-order valence-electron chi connectivity index (χ2n) is 1.56. The summed E-state index contributed by atoms with van der Waals surface area (Å²) in [4.78, 5) is 1.28. The molecule has 0 aliphatic carbocycles. The van der Waals surface area contributed by atoms with Gasteiger partial charge in [-0.2, -0.15) is 0 Å². The van der Waals surface area contributed by atoms with Gasteiger partial charge in [-0.1, -0.05) is 0 Å². The normalized spacial score (nSPS) is 10.8. The zero-order chi connectivity index (χ0) is 6.24. The van der Waals surface area contributed by atoms with Crippen LogP contribution in [0.4, 0.5) is 0 Å². The fourth-order valence-corrected chi connectivity index (χ4v) is 2.21. The lowest BCUT2D eigenvalue weighted by Gasteiger charge is -1.92. The summed E-state index contributed by atoms with van der Waals surface area (Å²) in [7, 11) is 1.10. The van der Waals surface area contributed by atoms with Crippen molar-refractivity contribution in [3.63, 3.8) is 0 Å². The number of hydrogen-bond acceptors (Lipinski definition) is 1. The van der Waals surface area contributed by atoms with Crippen LogP contribution in [0.1, 0.15) is 12.8 Å². The highest BCUT2D eigenvalue weighted by Gasteiger charge is 1.85. The molecule has 0 fully saturated rings. The molecule has 0 spiro atoms. The third-order valence-corrected chi connectivity index (χ3v) is 3.37. The minimum Gasteiger partial charge on any atom is -0.396 e. The van der Waals surface area contributed by atoms with E-state index in [0.717, 1.165) is 14.9 Å². The largest absolute Gasteiger partial charge is 0.396 e. The van der Waals surface area contributed by atoms with Crippen LogP contribution in [-0.2, 0) is 0 Å². The molecule has 0 heterocycles. The zero-order valence-corrected chi connectivity index (χ0v) is 8.02. The fraction of sp³-hybridized carbons (Fsp3) is 1.00. The molecule has 0 aliphatic rings. The molecule has 0 aromatic rings. The molecule has 0 saturated heterocycles.